The van der Waals surface area contributed by atoms with Gasteiger partial charge in [-0.1, -0.05) is 112 Å². The smallest absolute Gasteiger partial charge is 0.507 e. The van der Waals surface area contributed by atoms with Crippen LogP contribution in [-0.4, -0.2) is 33.7 Å². The number of aliphatic hydroxyl groups is 1. The van der Waals surface area contributed by atoms with Crippen LogP contribution in [0.5, 0.6) is 0 Å². The van der Waals surface area contributed by atoms with E-state index in [-0.39, 0.29) is 18.1 Å². The van der Waals surface area contributed by atoms with Crippen molar-refractivity contribution in [3.8, 4) is 12.3 Å². The quantitative estimate of drug-likeness (QED) is 0.363. The second kappa shape index (κ2) is 8.73. The van der Waals surface area contributed by atoms with Gasteiger partial charge in [-0.3, -0.25) is 0 Å². The second-order valence-electron chi connectivity index (χ2n) is 6.72. The molecule has 1 heterocycles. The summed E-state index contributed by atoms with van der Waals surface area (Å²) in [4.78, 5) is 3.33. The summed E-state index contributed by atoms with van der Waals surface area (Å²) < 4.78 is 4.68. The van der Waals surface area contributed by atoms with Crippen LogP contribution in [0.2, 0.25) is 0 Å². The standard InChI is InChI=1S/C21H20BCl3N2O2/c1-3-14-26-20-18(15(2)28)19(21(23,24)25)27-22(29-20,16-10-6-4-7-11-16)17-12-8-5-9-13-17/h1,4-13,15,26-28H,14H2,2H3. The first-order valence-electron chi connectivity index (χ1n) is 9.06. The lowest BCUT2D eigenvalue weighted by atomic mass is 9.42. The molecule has 0 aliphatic carbocycles. The van der Waals surface area contributed by atoms with Crippen molar-refractivity contribution in [3.63, 3.8) is 0 Å². The number of alkyl halides is 3. The largest absolute Gasteiger partial charge is 0.639 e. The zero-order valence-corrected chi connectivity index (χ0v) is 18.0. The van der Waals surface area contributed by atoms with Crippen molar-refractivity contribution < 1.29 is 14.7 Å². The maximum Gasteiger partial charge on any atom is 0.507 e. The van der Waals surface area contributed by atoms with Gasteiger partial charge >= 0.3 is 6.48 Å². The first kappa shape index (κ1) is 21.6. The van der Waals surface area contributed by atoms with Crippen molar-refractivity contribution in [2.45, 2.75) is 16.8 Å². The summed E-state index contributed by atoms with van der Waals surface area (Å²) in [6.07, 6.45) is 4.45. The number of terminal acetylenes is 1. The van der Waals surface area contributed by atoms with Crippen LogP contribution in [0.3, 0.4) is 0 Å². The first-order valence-corrected chi connectivity index (χ1v) is 10.2. The van der Waals surface area contributed by atoms with Gasteiger partial charge in [-0.2, -0.15) is 0 Å². The van der Waals surface area contributed by atoms with E-state index in [1.54, 1.807) is 6.92 Å². The molecular weight excluding hydrogens is 429 g/mol. The minimum absolute atomic E-state index is 0.175. The van der Waals surface area contributed by atoms with Crippen LogP contribution in [0, 0.1) is 12.3 Å². The Balaban J connectivity index is 2.33. The number of benzene rings is 2. The van der Waals surface area contributed by atoms with Gasteiger partial charge in [-0.25, -0.2) is 0 Å². The lowest BCUT2D eigenvalue weighted by Crippen LogP contribution is -3.03. The number of halogens is 3. The van der Waals surface area contributed by atoms with Gasteiger partial charge < -0.3 is 20.0 Å². The Labute approximate surface area is 185 Å². The highest BCUT2D eigenvalue weighted by atomic mass is 35.6. The molecule has 4 nitrogen and oxygen atoms in total. The van der Waals surface area contributed by atoms with Gasteiger partial charge in [0.2, 0.25) is 0 Å². The van der Waals surface area contributed by atoms with Gasteiger partial charge in [0, 0.05) is 0 Å². The molecule has 0 spiro atoms. The van der Waals surface area contributed by atoms with E-state index in [4.69, 9.17) is 45.9 Å². The average Bonchev–Trinajstić information content (AvgIpc) is 2.72. The molecule has 0 fully saturated rings. The van der Waals surface area contributed by atoms with Gasteiger partial charge in [0.05, 0.1) is 12.6 Å². The molecule has 0 amide bonds. The van der Waals surface area contributed by atoms with Crippen molar-refractivity contribution >= 4 is 57.9 Å². The fourth-order valence-corrected chi connectivity index (χ4v) is 3.98. The Bertz CT molecular complexity index is 925. The molecule has 0 aromatic heterocycles. The third-order valence-corrected chi connectivity index (χ3v) is 5.31. The Hall–Kier alpha value is -2.10. The highest BCUT2D eigenvalue weighted by Crippen LogP contribution is 2.32. The molecule has 2 aromatic carbocycles. The Morgan fingerprint density at radius 1 is 1.10 bits per heavy atom. The molecule has 0 radical (unpaired) electrons. The summed E-state index contributed by atoms with van der Waals surface area (Å²) in [6.45, 7) is -0.339. The third kappa shape index (κ3) is 4.41. The highest BCUT2D eigenvalue weighted by molar-refractivity contribution is 6.91. The zero-order valence-electron chi connectivity index (χ0n) is 15.7. The predicted molar refractivity (Wildman–Crippen MR) is 121 cm³/mol. The minimum Gasteiger partial charge on any atom is -0.639 e. The number of rotatable bonds is 5. The molecule has 0 bridgehead atoms. The predicted octanol–water partition coefficient (Wildman–Crippen LogP) is 0.980. The molecule has 29 heavy (non-hydrogen) atoms. The Morgan fingerprint density at radius 2 is 1.62 bits per heavy atom. The van der Waals surface area contributed by atoms with Crippen LogP contribution in [0.4, 0.5) is 0 Å². The van der Waals surface area contributed by atoms with Crippen LogP contribution in [0.25, 0.3) is 0 Å². The van der Waals surface area contributed by atoms with E-state index in [0.717, 1.165) is 10.9 Å². The van der Waals surface area contributed by atoms with Gasteiger partial charge in [0.25, 0.3) is 3.79 Å². The van der Waals surface area contributed by atoms with Crippen LogP contribution >= 0.6 is 34.8 Å². The Morgan fingerprint density at radius 3 is 2.03 bits per heavy atom. The average molecular weight is 450 g/mol. The number of hydrogen-bond acceptors (Lipinski definition) is 3. The van der Waals surface area contributed by atoms with E-state index in [9.17, 15) is 5.11 Å². The maximum atomic E-state index is 10.4. The Kier molecular flexibility index (Phi) is 6.50. The van der Waals surface area contributed by atoms with Crippen molar-refractivity contribution in [1.82, 2.24) is 5.32 Å². The molecule has 1 aliphatic heterocycles. The fraction of sp³-hybridized carbons (Fsp3) is 0.190. The summed E-state index contributed by atoms with van der Waals surface area (Å²) in [7, 11) is 0. The van der Waals surface area contributed by atoms with E-state index in [1.165, 1.54) is 0 Å². The zero-order chi connectivity index (χ0) is 21.1. The van der Waals surface area contributed by atoms with Crippen LogP contribution < -0.4 is 21.1 Å². The molecule has 0 saturated carbocycles. The normalized spacial score (nSPS) is 17.0. The summed E-state index contributed by atoms with van der Waals surface area (Å²) in [6, 6.07) is 19.2. The van der Waals surface area contributed by atoms with Gasteiger partial charge in [0.1, 0.15) is 5.57 Å². The summed E-state index contributed by atoms with van der Waals surface area (Å²) >= 11 is 19.0. The monoisotopic (exact) mass is 448 g/mol. The second-order valence-corrected chi connectivity index (χ2v) is 9.00. The van der Waals surface area contributed by atoms with Crippen molar-refractivity contribution in [1.29, 1.82) is 0 Å². The van der Waals surface area contributed by atoms with E-state index in [1.807, 2.05) is 60.7 Å². The molecule has 3 rings (SSSR count). The molecule has 1 aliphatic rings. The fourth-order valence-electron chi connectivity index (χ4n) is 3.51. The molecule has 0 saturated heterocycles. The summed E-state index contributed by atoms with van der Waals surface area (Å²) in [5.41, 5.74) is 2.23. The van der Waals surface area contributed by atoms with Crippen molar-refractivity contribution in [3.05, 3.63) is 72.1 Å². The van der Waals surface area contributed by atoms with Crippen LogP contribution in [0.15, 0.2) is 72.1 Å². The SMILES string of the molecule is C#CCNC1=C(C(C)O)C(C(Cl)(Cl)Cl)=[NH+][B-](c2ccccc2)(c2ccccc2)O1. The summed E-state index contributed by atoms with van der Waals surface area (Å²) in [5.74, 6) is 2.78. The molecule has 3 N–H and O–H groups in total. The first-order chi connectivity index (χ1) is 13.8. The van der Waals surface area contributed by atoms with E-state index < -0.39 is 16.4 Å². The van der Waals surface area contributed by atoms with E-state index in [2.05, 4.69) is 16.1 Å². The minimum atomic E-state index is -2.08. The number of hydrogen-bond donors (Lipinski definition) is 3. The topological polar surface area (TPSA) is 55.5 Å². The lowest BCUT2D eigenvalue weighted by molar-refractivity contribution is -0.326. The molecular formula is C21H20BCl3N2O2. The molecule has 8 heteroatoms. The number of aliphatic hydroxyl groups excluding tert-OH is 1. The molecule has 1 unspecified atom stereocenters. The van der Waals surface area contributed by atoms with Crippen LogP contribution in [0.1, 0.15) is 6.92 Å². The van der Waals surface area contributed by atoms with Crippen molar-refractivity contribution in [2.75, 3.05) is 6.54 Å². The van der Waals surface area contributed by atoms with Crippen LogP contribution in [-0.2, 0) is 4.65 Å². The lowest BCUT2D eigenvalue weighted by Gasteiger charge is -2.40. The molecule has 2 aromatic rings. The molecule has 150 valence electrons. The van der Waals surface area contributed by atoms with Gasteiger partial charge in [-0.15, -0.1) is 6.42 Å². The highest BCUT2D eigenvalue weighted by Gasteiger charge is 2.50. The van der Waals surface area contributed by atoms with E-state index in [0.29, 0.717) is 5.57 Å². The third-order valence-electron chi connectivity index (χ3n) is 4.75. The maximum absolute atomic E-state index is 10.4. The molecule has 1 atom stereocenters. The van der Waals surface area contributed by atoms with Gasteiger partial charge in [-0.05, 0) is 6.92 Å². The van der Waals surface area contributed by atoms with E-state index >= 15 is 0 Å². The van der Waals surface area contributed by atoms with Crippen molar-refractivity contribution in [2.24, 2.45) is 0 Å². The number of nitrogens with one attached hydrogen (secondary N) is 2. The van der Waals surface area contributed by atoms with Gasteiger partial charge in [0.15, 0.2) is 11.6 Å². The summed E-state index contributed by atoms with van der Waals surface area (Å²) in [5, 5.41) is 13.5.